The molecule has 0 saturated carbocycles. The molecule has 0 spiro atoms. The van der Waals surface area contributed by atoms with E-state index in [0.29, 0.717) is 43.0 Å². The van der Waals surface area contributed by atoms with Crippen LogP contribution < -0.4 is 11.2 Å². The van der Waals surface area contributed by atoms with E-state index in [1.807, 2.05) is 13.8 Å². The summed E-state index contributed by atoms with van der Waals surface area (Å²) in [4.78, 5) is 37.9. The minimum atomic E-state index is -2.58. The van der Waals surface area contributed by atoms with Gasteiger partial charge in [0, 0.05) is 24.7 Å². The largest absolute Gasteiger partial charge is 0.694 e. The molecule has 2 heterocycles. The third-order valence-electron chi connectivity index (χ3n) is 4.53. The molecule has 0 radical (unpaired) electrons. The van der Waals surface area contributed by atoms with Crippen molar-refractivity contribution in [3.63, 3.8) is 0 Å². The molecule has 1 unspecified atom stereocenters. The molecule has 0 aliphatic heterocycles. The number of rotatable bonds is 10. The van der Waals surface area contributed by atoms with Gasteiger partial charge >= 0.3 is 13.9 Å². The molecule has 0 saturated heterocycles. The van der Waals surface area contributed by atoms with E-state index >= 15 is 0 Å². The molecule has 2 rings (SSSR count). The van der Waals surface area contributed by atoms with Crippen LogP contribution in [0.15, 0.2) is 15.9 Å². The summed E-state index contributed by atoms with van der Waals surface area (Å²) in [6.45, 7) is 9.51. The Morgan fingerprint density at radius 2 is 1.83 bits per heavy atom. The molecule has 0 bridgehead atoms. The summed E-state index contributed by atoms with van der Waals surface area (Å²) in [6, 6.07) is 0. The fraction of sp³-hybridized carbons (Fsp3) is 0.737. The van der Waals surface area contributed by atoms with Gasteiger partial charge in [-0.25, -0.2) is 9.78 Å². The van der Waals surface area contributed by atoms with Crippen molar-refractivity contribution in [1.29, 1.82) is 0 Å². The van der Waals surface area contributed by atoms with Gasteiger partial charge < -0.3 is 4.57 Å². The molecule has 2 aromatic rings. The Morgan fingerprint density at radius 1 is 1.17 bits per heavy atom. The average Bonchev–Trinajstić information content (AvgIpc) is 3.10. The highest BCUT2D eigenvalue weighted by Gasteiger charge is 2.16. The van der Waals surface area contributed by atoms with Gasteiger partial charge in [-0.05, 0) is 25.2 Å². The summed E-state index contributed by atoms with van der Waals surface area (Å²) >= 11 is 0. The first-order valence-corrected chi connectivity index (χ1v) is 11.3. The molecule has 0 aliphatic carbocycles. The van der Waals surface area contributed by atoms with Crippen molar-refractivity contribution in [1.82, 2.24) is 18.7 Å². The Labute approximate surface area is 172 Å². The van der Waals surface area contributed by atoms with Crippen LogP contribution in [-0.2, 0) is 29.2 Å². The van der Waals surface area contributed by atoms with E-state index < -0.39 is 8.25 Å². The van der Waals surface area contributed by atoms with Crippen molar-refractivity contribution in [3.8, 4) is 0 Å². The molecule has 0 aliphatic rings. The number of hydrogen-bond acceptors (Lipinski definition) is 5. The van der Waals surface area contributed by atoms with Gasteiger partial charge in [-0.15, -0.1) is 9.42 Å². The number of unbranched alkanes of at least 4 members (excludes halogenated alkanes) is 2. The smallest absolute Gasteiger partial charge is 0.325 e. The van der Waals surface area contributed by atoms with Crippen LogP contribution in [0.2, 0.25) is 0 Å². The van der Waals surface area contributed by atoms with Crippen molar-refractivity contribution >= 4 is 19.4 Å². The molecule has 0 amide bonds. The summed E-state index contributed by atoms with van der Waals surface area (Å²) in [5, 5.41) is 0. The first-order valence-electron chi connectivity index (χ1n) is 10.2. The van der Waals surface area contributed by atoms with Crippen LogP contribution in [0.5, 0.6) is 0 Å². The van der Waals surface area contributed by atoms with Crippen LogP contribution in [0.1, 0.15) is 59.8 Å². The standard InChI is InChI=1S/C15H23N4O5P.C4H10/c1-11(2)6-8-19-14(20)12-13(17(3)15(19)21)16-10-18(12)7-4-5-9-24-25(22)23;1-3-4-2/h10-11H,4-9H2,1-3H3;3-4H2,1-2H3/p+1. The summed E-state index contributed by atoms with van der Waals surface area (Å²) in [6.07, 6.45) is 6.16. The number of hydrogen-bond donors (Lipinski definition) is 1. The molecule has 9 nitrogen and oxygen atoms in total. The number of fused-ring (bicyclic) bond motifs is 1. The van der Waals surface area contributed by atoms with Crippen LogP contribution in [0, 0.1) is 5.92 Å². The highest BCUT2D eigenvalue weighted by atomic mass is 31.1. The molecule has 1 atom stereocenters. The number of nitrogens with zero attached hydrogens (tertiary/aromatic N) is 4. The predicted octanol–water partition coefficient (Wildman–Crippen LogP) is 3.20. The molecular weight excluding hydrogens is 395 g/mol. The van der Waals surface area contributed by atoms with Crippen LogP contribution in [0.4, 0.5) is 0 Å². The lowest BCUT2D eigenvalue weighted by atomic mass is 10.1. The minimum absolute atomic E-state index is 0.176. The van der Waals surface area contributed by atoms with Crippen molar-refractivity contribution in [2.75, 3.05) is 6.61 Å². The Kier molecular flexibility index (Phi) is 11.0. The normalized spacial score (nSPS) is 11.6. The third-order valence-corrected chi connectivity index (χ3v) is 4.93. The first kappa shape index (κ1) is 25.2. The fourth-order valence-electron chi connectivity index (χ4n) is 2.60. The number of aryl methyl sites for hydroxylation is 2. The van der Waals surface area contributed by atoms with Crippen molar-refractivity contribution < 1.29 is 14.0 Å². The van der Waals surface area contributed by atoms with Gasteiger partial charge in [0.15, 0.2) is 11.2 Å². The van der Waals surface area contributed by atoms with Crippen LogP contribution in [0.3, 0.4) is 0 Å². The molecule has 0 fully saturated rings. The van der Waals surface area contributed by atoms with Gasteiger partial charge in [-0.1, -0.05) is 40.5 Å². The highest BCUT2D eigenvalue weighted by Crippen LogP contribution is 2.15. The van der Waals surface area contributed by atoms with Crippen molar-refractivity contribution in [2.45, 2.75) is 72.9 Å². The van der Waals surface area contributed by atoms with E-state index in [1.54, 1.807) is 17.9 Å². The van der Waals surface area contributed by atoms with Crippen LogP contribution in [0.25, 0.3) is 11.2 Å². The zero-order valence-corrected chi connectivity index (χ0v) is 19.0. The maximum atomic E-state index is 12.8. The summed E-state index contributed by atoms with van der Waals surface area (Å²) in [5.74, 6) is 0.384. The Bertz CT molecular complexity index is 898. The molecular formula is C19H34N4O5P+. The zero-order chi connectivity index (χ0) is 22.0. The second-order valence-electron chi connectivity index (χ2n) is 7.37. The van der Waals surface area contributed by atoms with Crippen LogP contribution >= 0.6 is 8.25 Å². The molecule has 2 aromatic heterocycles. The lowest BCUT2D eigenvalue weighted by molar-refractivity contribution is 0.273. The SMILES string of the molecule is CC(C)CCn1c(=O)c2c(ncn2CCCCO[P+](=O)O)n(C)c1=O.CCCC. The van der Waals surface area contributed by atoms with E-state index in [-0.39, 0.29) is 17.9 Å². The Hall–Kier alpha value is -1.83. The number of imidazole rings is 1. The maximum Gasteiger partial charge on any atom is 0.694 e. The number of aromatic nitrogens is 4. The summed E-state index contributed by atoms with van der Waals surface area (Å²) in [7, 11) is -0.968. The molecule has 0 aromatic carbocycles. The second-order valence-corrected chi connectivity index (χ2v) is 8.10. The molecule has 1 N–H and O–H groups in total. The van der Waals surface area contributed by atoms with Crippen molar-refractivity contribution in [2.24, 2.45) is 13.0 Å². The van der Waals surface area contributed by atoms with E-state index in [0.717, 1.165) is 6.42 Å². The highest BCUT2D eigenvalue weighted by molar-refractivity contribution is 7.32. The monoisotopic (exact) mass is 429 g/mol. The summed E-state index contributed by atoms with van der Waals surface area (Å²) in [5.41, 5.74) is 0.0833. The van der Waals surface area contributed by atoms with E-state index in [4.69, 9.17) is 4.89 Å². The Balaban J connectivity index is 0.000000960. The van der Waals surface area contributed by atoms with Crippen molar-refractivity contribution in [3.05, 3.63) is 27.2 Å². The van der Waals surface area contributed by atoms with Gasteiger partial charge in [0.1, 0.15) is 6.61 Å². The zero-order valence-electron chi connectivity index (χ0n) is 18.1. The molecule has 164 valence electrons. The lowest BCUT2D eigenvalue weighted by Gasteiger charge is -2.10. The lowest BCUT2D eigenvalue weighted by Crippen LogP contribution is -2.40. The van der Waals surface area contributed by atoms with Gasteiger partial charge in [-0.2, -0.15) is 0 Å². The predicted molar refractivity (Wildman–Crippen MR) is 114 cm³/mol. The van der Waals surface area contributed by atoms with Gasteiger partial charge in [-0.3, -0.25) is 13.9 Å². The van der Waals surface area contributed by atoms with E-state index in [1.165, 1.54) is 22.0 Å². The molecule has 10 heteroatoms. The first-order chi connectivity index (χ1) is 13.7. The van der Waals surface area contributed by atoms with Crippen LogP contribution in [-0.4, -0.2) is 30.2 Å². The topological polar surface area (TPSA) is 108 Å². The molecule has 29 heavy (non-hydrogen) atoms. The minimum Gasteiger partial charge on any atom is -0.325 e. The third kappa shape index (κ3) is 7.49. The van der Waals surface area contributed by atoms with Gasteiger partial charge in [0.25, 0.3) is 5.56 Å². The fourth-order valence-corrected chi connectivity index (χ4v) is 2.89. The average molecular weight is 429 g/mol. The second kappa shape index (κ2) is 12.7. The maximum absolute atomic E-state index is 12.8. The quantitative estimate of drug-likeness (QED) is 0.459. The van der Waals surface area contributed by atoms with Gasteiger partial charge in [0.05, 0.1) is 6.33 Å². The summed E-state index contributed by atoms with van der Waals surface area (Å²) < 4.78 is 19.5. The van der Waals surface area contributed by atoms with E-state index in [9.17, 15) is 14.2 Å². The Morgan fingerprint density at radius 3 is 2.38 bits per heavy atom. The van der Waals surface area contributed by atoms with E-state index in [2.05, 4.69) is 23.4 Å². The van der Waals surface area contributed by atoms with Gasteiger partial charge in [0.2, 0.25) is 0 Å².